The molecule has 20 heavy (non-hydrogen) atoms. The van der Waals surface area contributed by atoms with Crippen molar-refractivity contribution in [1.29, 1.82) is 0 Å². The smallest absolute Gasteiger partial charge is 0.403 e. The van der Waals surface area contributed by atoms with Gasteiger partial charge in [-0.25, -0.2) is 10.2 Å². The minimum absolute atomic E-state index is 0.192. The molecule has 1 aromatic rings. The molecule has 8 nitrogen and oxygen atoms in total. The molecule has 11 heteroatoms. The van der Waals surface area contributed by atoms with Crippen LogP contribution in [0.3, 0.4) is 0 Å². The first-order valence-corrected chi connectivity index (χ1v) is 9.43. The fourth-order valence-electron chi connectivity index (χ4n) is 1.37. The van der Waals surface area contributed by atoms with Crippen molar-refractivity contribution in [2.45, 2.75) is 6.61 Å². The monoisotopic (exact) mass is 433 g/mol. The molecule has 1 atom stereocenters. The van der Waals surface area contributed by atoms with Crippen LogP contribution in [0.15, 0.2) is 16.5 Å². The van der Waals surface area contributed by atoms with E-state index in [0.29, 0.717) is 23.7 Å². The zero-order chi connectivity index (χ0) is 15.2. The molecule has 1 rings (SSSR count). The maximum absolute atomic E-state index is 12.3. The summed E-state index contributed by atoms with van der Waals surface area (Å²) < 4.78 is 23.9. The van der Waals surface area contributed by atoms with E-state index in [-0.39, 0.29) is 12.4 Å². The van der Waals surface area contributed by atoms with Gasteiger partial charge in [0.05, 0.1) is 6.07 Å². The summed E-state index contributed by atoms with van der Waals surface area (Å²) in [6, 6.07) is 2.59. The van der Waals surface area contributed by atoms with E-state index in [0.717, 1.165) is 0 Å². The first-order chi connectivity index (χ1) is 9.40. The molecule has 1 heterocycles. The van der Waals surface area contributed by atoms with Gasteiger partial charge in [-0.2, -0.15) is 0 Å². The minimum Gasteiger partial charge on any atom is -0.403 e. The molecule has 0 aliphatic heterocycles. The van der Waals surface area contributed by atoms with E-state index < -0.39 is 18.5 Å². The average molecular weight is 435 g/mol. The van der Waals surface area contributed by atoms with Crippen molar-refractivity contribution in [3.05, 3.63) is 28.0 Å². The summed E-state index contributed by atoms with van der Waals surface area (Å²) in [6.07, 6.45) is 0. The van der Waals surface area contributed by atoms with Crippen molar-refractivity contribution in [2.75, 3.05) is 23.7 Å². The molecule has 0 fully saturated rings. The van der Waals surface area contributed by atoms with Crippen LogP contribution in [0.5, 0.6) is 0 Å². The molecule has 0 spiro atoms. The number of rotatable bonds is 9. The van der Waals surface area contributed by atoms with Crippen LogP contribution in [0.25, 0.3) is 0 Å². The van der Waals surface area contributed by atoms with E-state index >= 15 is 0 Å². The number of nitrogens with two attached hydrogens (primary N) is 1. The SMILES string of the molecule is NP(=O)(OCc1ccc([N+](=O)[O-])o1)N(CCBr)CCBr. The summed E-state index contributed by atoms with van der Waals surface area (Å²) in [4.78, 5) is 9.81. The quantitative estimate of drug-likeness (QED) is 0.275. The van der Waals surface area contributed by atoms with Crippen molar-refractivity contribution in [3.8, 4) is 0 Å². The molecule has 0 amide bonds. The van der Waals surface area contributed by atoms with Crippen LogP contribution in [0, 0.1) is 10.1 Å². The standard InChI is InChI=1S/C9H14Br2N3O5P/c10-3-5-13(6-4-11)20(12,17)18-7-8-1-2-9(19-8)14(15)16/h1-2H,3-7H2,(H2,12,17). The Hall–Kier alpha value is -0.250. The van der Waals surface area contributed by atoms with Crippen LogP contribution in [0.1, 0.15) is 5.76 Å². The number of hydrogen-bond acceptors (Lipinski definition) is 5. The largest absolute Gasteiger partial charge is 0.433 e. The number of alkyl halides is 2. The van der Waals surface area contributed by atoms with Gasteiger partial charge in [-0.15, -0.1) is 0 Å². The second-order valence-electron chi connectivity index (χ2n) is 3.67. The Kier molecular flexibility index (Phi) is 7.35. The second-order valence-corrected chi connectivity index (χ2v) is 7.20. The summed E-state index contributed by atoms with van der Waals surface area (Å²) in [5.74, 6) is -0.201. The fourth-order valence-corrected chi connectivity index (χ4v) is 4.00. The van der Waals surface area contributed by atoms with Crippen LogP contribution in [-0.4, -0.2) is 33.3 Å². The molecular weight excluding hydrogens is 421 g/mol. The molecule has 0 saturated heterocycles. The highest BCUT2D eigenvalue weighted by atomic mass is 79.9. The van der Waals surface area contributed by atoms with Crippen LogP contribution < -0.4 is 5.50 Å². The zero-order valence-electron chi connectivity index (χ0n) is 10.4. The first kappa shape index (κ1) is 17.8. The van der Waals surface area contributed by atoms with Gasteiger partial charge in [0.2, 0.25) is 0 Å². The number of hydrogen-bond donors (Lipinski definition) is 1. The third-order valence-corrected chi connectivity index (χ3v) is 4.70. The van der Waals surface area contributed by atoms with Gasteiger partial charge in [-0.1, -0.05) is 31.9 Å². The van der Waals surface area contributed by atoms with Crippen molar-refractivity contribution < 1.29 is 18.4 Å². The van der Waals surface area contributed by atoms with Gasteiger partial charge in [0.1, 0.15) is 17.3 Å². The summed E-state index contributed by atoms with van der Waals surface area (Å²) in [6.45, 7) is 0.720. The normalized spacial score (nSPS) is 14.4. The van der Waals surface area contributed by atoms with Gasteiger partial charge in [-0.3, -0.25) is 19.2 Å². The third kappa shape index (κ3) is 5.27. The Morgan fingerprint density at radius 3 is 2.45 bits per heavy atom. The Morgan fingerprint density at radius 2 is 2.00 bits per heavy atom. The number of furan rings is 1. The lowest BCUT2D eigenvalue weighted by Gasteiger charge is -2.26. The highest BCUT2D eigenvalue weighted by molar-refractivity contribution is 9.09. The van der Waals surface area contributed by atoms with Crippen LogP contribution in [0.4, 0.5) is 5.88 Å². The lowest BCUT2D eigenvalue weighted by molar-refractivity contribution is -0.402. The molecule has 1 aromatic heterocycles. The molecule has 2 N–H and O–H groups in total. The van der Waals surface area contributed by atoms with Crippen molar-refractivity contribution in [3.63, 3.8) is 0 Å². The van der Waals surface area contributed by atoms with Gasteiger partial charge in [0.25, 0.3) is 0 Å². The lowest BCUT2D eigenvalue weighted by atomic mass is 10.5. The second kappa shape index (κ2) is 8.26. The van der Waals surface area contributed by atoms with E-state index in [9.17, 15) is 14.7 Å². The van der Waals surface area contributed by atoms with Crippen LogP contribution in [-0.2, 0) is 15.7 Å². The molecule has 0 aromatic carbocycles. The molecule has 0 saturated carbocycles. The molecule has 0 radical (unpaired) electrons. The minimum atomic E-state index is -3.47. The number of halogens is 2. The molecule has 0 bridgehead atoms. The molecule has 0 aliphatic carbocycles. The average Bonchev–Trinajstić information content (AvgIpc) is 2.85. The third-order valence-electron chi connectivity index (χ3n) is 2.30. The fraction of sp³-hybridized carbons (Fsp3) is 0.556. The number of nitrogens with zero attached hydrogens (tertiary/aromatic N) is 2. The van der Waals surface area contributed by atoms with Gasteiger partial charge >= 0.3 is 13.6 Å². The van der Waals surface area contributed by atoms with Crippen molar-refractivity contribution >= 4 is 45.4 Å². The Morgan fingerprint density at radius 1 is 1.40 bits per heavy atom. The predicted octanol–water partition coefficient (Wildman–Crippen LogP) is 2.86. The molecule has 0 aliphatic rings. The van der Waals surface area contributed by atoms with Gasteiger partial charge in [0.15, 0.2) is 0 Å². The summed E-state index contributed by atoms with van der Waals surface area (Å²) >= 11 is 6.49. The van der Waals surface area contributed by atoms with Gasteiger partial charge in [-0.05, 0) is 6.07 Å². The first-order valence-electron chi connectivity index (χ1n) is 5.54. The molecule has 1 unspecified atom stereocenters. The summed E-state index contributed by atoms with van der Waals surface area (Å²) in [5, 5.41) is 11.7. The number of nitro groups is 1. The summed E-state index contributed by atoms with van der Waals surface area (Å²) in [5.41, 5.74) is 5.69. The van der Waals surface area contributed by atoms with Crippen molar-refractivity contribution in [1.82, 2.24) is 4.67 Å². The summed E-state index contributed by atoms with van der Waals surface area (Å²) in [7, 11) is -3.47. The topological polar surface area (TPSA) is 112 Å². The van der Waals surface area contributed by atoms with Crippen LogP contribution >= 0.6 is 39.5 Å². The van der Waals surface area contributed by atoms with E-state index in [1.54, 1.807) is 0 Å². The Labute approximate surface area is 132 Å². The van der Waals surface area contributed by atoms with Crippen molar-refractivity contribution in [2.24, 2.45) is 5.50 Å². The van der Waals surface area contributed by atoms with E-state index in [2.05, 4.69) is 31.9 Å². The maximum Gasteiger partial charge on any atom is 0.433 e. The lowest BCUT2D eigenvalue weighted by Crippen LogP contribution is -2.29. The zero-order valence-corrected chi connectivity index (χ0v) is 14.5. The highest BCUT2D eigenvalue weighted by Crippen LogP contribution is 2.43. The Balaban J connectivity index is 2.64. The van der Waals surface area contributed by atoms with Gasteiger partial charge in [0, 0.05) is 23.7 Å². The van der Waals surface area contributed by atoms with Gasteiger partial charge < -0.3 is 4.42 Å². The molecule has 114 valence electrons. The maximum atomic E-state index is 12.3. The van der Waals surface area contributed by atoms with E-state index in [1.807, 2.05) is 0 Å². The van der Waals surface area contributed by atoms with E-state index in [4.69, 9.17) is 14.4 Å². The highest BCUT2D eigenvalue weighted by Gasteiger charge is 2.27. The predicted molar refractivity (Wildman–Crippen MR) is 81.1 cm³/mol. The van der Waals surface area contributed by atoms with Crippen LogP contribution in [0.2, 0.25) is 0 Å². The Bertz CT molecular complexity index is 492. The molecular formula is C9H14Br2N3O5P. The van der Waals surface area contributed by atoms with E-state index in [1.165, 1.54) is 16.8 Å².